The Balaban J connectivity index is 0. The molecule has 0 spiro atoms. The molecule has 0 aliphatic carbocycles. The van der Waals surface area contributed by atoms with Gasteiger partial charge in [0.2, 0.25) is 0 Å². The van der Waals surface area contributed by atoms with Gasteiger partial charge >= 0.3 is 88.5 Å². The van der Waals surface area contributed by atoms with Crippen LogP contribution in [-0.2, 0) is 0 Å². The maximum atomic E-state index is 2.27. The summed E-state index contributed by atoms with van der Waals surface area (Å²) in [7, 11) is 0. The van der Waals surface area contributed by atoms with Crippen molar-refractivity contribution in [2.75, 3.05) is 0 Å². The largest absolute Gasteiger partial charge is 0.269 e. The second kappa shape index (κ2) is 12.3. The third-order valence-corrected chi connectivity index (χ3v) is 2.56. The van der Waals surface area contributed by atoms with E-state index in [9.17, 15) is 0 Å². The van der Waals surface area contributed by atoms with Gasteiger partial charge in [-0.05, 0) is 0 Å². The van der Waals surface area contributed by atoms with Crippen molar-refractivity contribution in [2.24, 2.45) is 0 Å². The van der Waals surface area contributed by atoms with Gasteiger partial charge in [-0.15, -0.1) is 0 Å². The summed E-state index contributed by atoms with van der Waals surface area (Å²) in [5.74, 6) is 0. The summed E-state index contributed by atoms with van der Waals surface area (Å²) in [5.41, 5.74) is 0. The van der Waals surface area contributed by atoms with Crippen LogP contribution >= 0.6 is 0 Å². The molecule has 0 unspecified atom stereocenters. The third-order valence-electron chi connectivity index (χ3n) is 1.46. The van der Waals surface area contributed by atoms with Crippen molar-refractivity contribution in [2.45, 2.75) is 39.5 Å². The van der Waals surface area contributed by atoms with Gasteiger partial charge in [0.15, 0.2) is 0 Å². The van der Waals surface area contributed by atoms with Crippen LogP contribution in [-0.4, -0.2) is 49.0 Å². The monoisotopic (exact) mass is 158 g/mol. The Morgan fingerprint density at radius 2 is 1.56 bits per heavy atom. The summed E-state index contributed by atoms with van der Waals surface area (Å²) in [5, 5.41) is 0. The minimum Gasteiger partial charge on any atom is -0.269 e. The fourth-order valence-corrected chi connectivity index (χ4v) is 1.63. The van der Waals surface area contributed by atoms with E-state index < -0.39 is 0 Å². The summed E-state index contributed by atoms with van der Waals surface area (Å²) >= 11 is 1.11. The summed E-state index contributed by atoms with van der Waals surface area (Å²) in [6.07, 6.45) is 7.32. The second-order valence-electron chi connectivity index (χ2n) is 2.41. The maximum absolute atomic E-state index is 2.27. The Bertz CT molecular complexity index is 33.9. The van der Waals surface area contributed by atoms with Crippen LogP contribution in [0.15, 0.2) is 0 Å². The average Bonchev–Trinajstić information content (AvgIpc) is 1.81. The van der Waals surface area contributed by atoms with E-state index in [-0.39, 0.29) is 4.70 Å². The van der Waals surface area contributed by atoms with Gasteiger partial charge in [-0.3, -0.25) is 4.70 Å². The van der Waals surface area contributed by atoms with Gasteiger partial charge in [0.25, 0.3) is 0 Å². The Hall–Kier alpha value is 1.57. The number of hydrogen-bond acceptors (Lipinski definition) is 0. The third kappa shape index (κ3) is 12.7. The molecule has 0 rings (SSSR count). The first kappa shape index (κ1) is 13.2. The number of rotatable bonds is 5. The van der Waals surface area contributed by atoms with E-state index in [1.54, 1.807) is 0.515 Å². The van der Waals surface area contributed by atoms with Crippen molar-refractivity contribution in [3.63, 3.8) is 0 Å². The maximum Gasteiger partial charge on any atom is -0.269 e. The molecule has 0 amide bonds. The molecule has 0 nitrogen and oxygen atoms in total. The summed E-state index contributed by atoms with van der Waals surface area (Å²) in [4.78, 5) is 0. The van der Waals surface area contributed by atoms with Crippen molar-refractivity contribution in [3.8, 4) is 0 Å². The smallest absolute Gasteiger partial charge is 0.269 e. The van der Waals surface area contributed by atoms with Gasteiger partial charge in [0.05, 0.1) is 0 Å². The molecule has 0 aliphatic heterocycles. The fraction of sp³-hybridized carbons (Fsp3) is 1.00. The Kier molecular flexibility index (Phi) is 18.0. The quantitative estimate of drug-likeness (QED) is 0.426. The molecule has 52 valence electrons. The topological polar surface area (TPSA) is 0 Å². The SMILES string of the molecule is CCCCCC[CH2][K].F. The van der Waals surface area contributed by atoms with E-state index in [0.717, 1.165) is 49.0 Å². The Morgan fingerprint density at radius 1 is 1.00 bits per heavy atom. The van der Waals surface area contributed by atoms with Crippen LogP contribution in [0.3, 0.4) is 0 Å². The number of halogens is 1. The summed E-state index contributed by atoms with van der Waals surface area (Å²) < 4.78 is 1.55. The molecule has 0 radical (unpaired) electrons. The molecular weight excluding hydrogens is 142 g/mol. The predicted molar refractivity (Wildman–Crippen MR) is 41.8 cm³/mol. The molecule has 0 atom stereocenters. The Labute approximate surface area is 91.7 Å². The molecular formula is C7H16FK. The normalized spacial score (nSPS) is 8.78. The zero-order chi connectivity index (χ0) is 6.24. The van der Waals surface area contributed by atoms with Gasteiger partial charge in [0, 0.05) is 0 Å². The van der Waals surface area contributed by atoms with E-state index in [0.29, 0.717) is 0 Å². The molecule has 0 saturated carbocycles. The average molecular weight is 158 g/mol. The molecule has 0 saturated heterocycles. The molecule has 0 aliphatic rings. The van der Waals surface area contributed by atoms with E-state index >= 15 is 0 Å². The van der Waals surface area contributed by atoms with Gasteiger partial charge in [0.1, 0.15) is 0 Å². The van der Waals surface area contributed by atoms with Crippen molar-refractivity contribution in [1.82, 2.24) is 0 Å². The number of hydrogen-bond donors (Lipinski definition) is 0. The fourth-order valence-electron chi connectivity index (χ4n) is 0.854. The standard InChI is InChI=1S/C7H15.FH.K/c1-3-5-7-6-4-2;;/h1,3-7H2,2H3;1H;. The van der Waals surface area contributed by atoms with Crippen LogP contribution in [0, 0.1) is 0 Å². The molecule has 0 aromatic rings. The van der Waals surface area contributed by atoms with E-state index in [4.69, 9.17) is 0 Å². The minimum atomic E-state index is 0. The molecule has 0 heterocycles. The zero-order valence-electron chi connectivity index (χ0n) is 6.65. The Morgan fingerprint density at radius 3 is 2.00 bits per heavy atom. The molecule has 0 N–H and O–H groups in total. The van der Waals surface area contributed by atoms with E-state index in [1.807, 2.05) is 0 Å². The number of unbranched alkanes of at least 4 members (excludes halogenated alkanes) is 4. The molecule has 0 aromatic heterocycles. The first-order valence-electron chi connectivity index (χ1n) is 3.91. The minimum absolute atomic E-state index is 0. The van der Waals surface area contributed by atoms with Gasteiger partial charge in [-0.25, -0.2) is 0 Å². The molecule has 2 heteroatoms. The predicted octanol–water partition coefficient (Wildman–Crippen LogP) is 2.70. The molecule has 9 heavy (non-hydrogen) atoms. The van der Waals surface area contributed by atoms with Crippen LogP contribution in [0.25, 0.3) is 0 Å². The first-order chi connectivity index (χ1) is 3.91. The van der Waals surface area contributed by atoms with Gasteiger partial charge in [-0.2, -0.15) is 0 Å². The summed E-state index contributed by atoms with van der Waals surface area (Å²) in [6, 6.07) is 0. The van der Waals surface area contributed by atoms with Crippen LogP contribution in [0.1, 0.15) is 39.0 Å². The van der Waals surface area contributed by atoms with Crippen LogP contribution in [0.2, 0.25) is 0.515 Å². The second-order valence-corrected chi connectivity index (χ2v) is 3.98. The van der Waals surface area contributed by atoms with Gasteiger partial charge in [-0.1, -0.05) is 0 Å². The van der Waals surface area contributed by atoms with E-state index in [2.05, 4.69) is 6.92 Å². The molecule has 0 bridgehead atoms. The van der Waals surface area contributed by atoms with E-state index in [1.165, 1.54) is 32.1 Å². The molecule has 0 fully saturated rings. The van der Waals surface area contributed by atoms with Crippen molar-refractivity contribution >= 4 is 49.0 Å². The van der Waals surface area contributed by atoms with Crippen molar-refractivity contribution < 1.29 is 4.70 Å². The van der Waals surface area contributed by atoms with Crippen LogP contribution < -0.4 is 0 Å². The van der Waals surface area contributed by atoms with Crippen molar-refractivity contribution in [3.05, 3.63) is 0 Å². The van der Waals surface area contributed by atoms with Gasteiger partial charge < -0.3 is 0 Å². The summed E-state index contributed by atoms with van der Waals surface area (Å²) in [6.45, 7) is 2.27. The molecule has 0 aromatic carbocycles. The van der Waals surface area contributed by atoms with Crippen LogP contribution in [0.4, 0.5) is 4.70 Å². The first-order valence-corrected chi connectivity index (χ1v) is 6.12. The zero-order valence-corrected chi connectivity index (χ0v) is 9.77. The van der Waals surface area contributed by atoms with Crippen LogP contribution in [0.5, 0.6) is 0 Å². The van der Waals surface area contributed by atoms with Crippen molar-refractivity contribution in [1.29, 1.82) is 0 Å².